The van der Waals surface area contributed by atoms with Crippen molar-refractivity contribution in [2.24, 2.45) is 11.1 Å². The maximum Gasteiger partial charge on any atom is 0.209 e. The third kappa shape index (κ3) is 6.87. The van der Waals surface area contributed by atoms with Crippen LogP contribution in [0.25, 0.3) is 0 Å². The van der Waals surface area contributed by atoms with Gasteiger partial charge >= 0.3 is 0 Å². The molecule has 0 fully saturated rings. The van der Waals surface area contributed by atoms with Gasteiger partial charge in [-0.2, -0.15) is 0 Å². The first-order valence-corrected chi connectivity index (χ1v) is 5.90. The van der Waals surface area contributed by atoms with Gasteiger partial charge in [-0.05, 0) is 12.3 Å². The monoisotopic (exact) mass is 219 g/mol. The Bertz CT molecular complexity index is 189. The lowest BCUT2D eigenvalue weighted by molar-refractivity contribution is 0.579. The first kappa shape index (κ1) is 11.5. The molecule has 3 nitrogen and oxygen atoms in total. The number of hydrogen-bond acceptors (Lipinski definition) is 2. The van der Waals surface area contributed by atoms with E-state index in [4.69, 9.17) is 28.3 Å². The summed E-state index contributed by atoms with van der Waals surface area (Å²) in [6, 6.07) is 0. The van der Waals surface area contributed by atoms with E-state index in [0.29, 0.717) is 18.2 Å². The summed E-state index contributed by atoms with van der Waals surface area (Å²) in [5, 5.41) is 4.78. The summed E-state index contributed by atoms with van der Waals surface area (Å²) >= 11 is 11.0. The van der Waals surface area contributed by atoms with Crippen LogP contribution in [0.1, 0.15) is 6.42 Å². The molecule has 0 radical (unpaired) electrons. The Morgan fingerprint density at radius 2 is 1.73 bits per heavy atom. The molecule has 0 atom stereocenters. The van der Waals surface area contributed by atoms with E-state index in [0.717, 1.165) is 0 Å². The molecule has 0 aliphatic rings. The predicted molar refractivity (Wildman–Crippen MR) is 47.5 cm³/mol. The molecule has 0 aliphatic carbocycles. The molecule has 0 saturated carbocycles. The summed E-state index contributed by atoms with van der Waals surface area (Å²) in [5.41, 5.74) is 0. The van der Waals surface area contributed by atoms with Crippen LogP contribution in [0.4, 0.5) is 0 Å². The molecule has 0 bridgehead atoms. The number of alkyl halides is 2. The Balaban J connectivity index is 3.69. The Morgan fingerprint density at radius 1 is 1.27 bits per heavy atom. The standard InChI is InChI=1S/C5H11Cl2NO2S/c6-3-5(4-7)1-2-11(8,9)10/h5H,1-4H2,(H2,8,9,10). The van der Waals surface area contributed by atoms with Crippen molar-refractivity contribution in [1.82, 2.24) is 0 Å². The van der Waals surface area contributed by atoms with E-state index in [9.17, 15) is 8.42 Å². The van der Waals surface area contributed by atoms with Crippen LogP contribution in [0.15, 0.2) is 0 Å². The molecular weight excluding hydrogens is 209 g/mol. The van der Waals surface area contributed by atoms with Crippen LogP contribution in [0, 0.1) is 5.92 Å². The molecule has 0 aromatic carbocycles. The smallest absolute Gasteiger partial charge is 0.209 e. The molecule has 0 rings (SSSR count). The first-order chi connectivity index (χ1) is 4.99. The predicted octanol–water partition coefficient (Wildman–Crippen LogP) is 0.759. The Kier molecular flexibility index (Phi) is 5.42. The van der Waals surface area contributed by atoms with Crippen molar-refractivity contribution < 1.29 is 8.42 Å². The number of halogens is 2. The summed E-state index contributed by atoms with van der Waals surface area (Å²) < 4.78 is 20.9. The molecule has 0 spiro atoms. The first-order valence-electron chi connectivity index (χ1n) is 3.12. The summed E-state index contributed by atoms with van der Waals surface area (Å²) in [7, 11) is -3.36. The second-order valence-electron chi connectivity index (χ2n) is 2.33. The second kappa shape index (κ2) is 5.19. The summed E-state index contributed by atoms with van der Waals surface area (Å²) in [5.74, 6) is 0.742. The van der Waals surface area contributed by atoms with Gasteiger partial charge < -0.3 is 0 Å². The van der Waals surface area contributed by atoms with Crippen molar-refractivity contribution in [1.29, 1.82) is 0 Å². The fourth-order valence-corrected chi connectivity index (χ4v) is 1.83. The zero-order chi connectivity index (χ0) is 8.91. The van der Waals surface area contributed by atoms with Crippen LogP contribution >= 0.6 is 23.2 Å². The van der Waals surface area contributed by atoms with Gasteiger partial charge in [-0.25, -0.2) is 13.6 Å². The maximum atomic E-state index is 10.5. The van der Waals surface area contributed by atoms with Gasteiger partial charge in [0.05, 0.1) is 5.75 Å². The number of rotatable bonds is 5. The van der Waals surface area contributed by atoms with Gasteiger partial charge in [-0.15, -0.1) is 23.2 Å². The highest BCUT2D eigenvalue weighted by Crippen LogP contribution is 2.08. The lowest BCUT2D eigenvalue weighted by Crippen LogP contribution is -2.20. The minimum absolute atomic E-state index is 0.0386. The molecule has 0 unspecified atom stereocenters. The third-order valence-electron chi connectivity index (χ3n) is 1.25. The number of nitrogens with two attached hydrogens (primary N) is 1. The van der Waals surface area contributed by atoms with Gasteiger partial charge in [-0.3, -0.25) is 0 Å². The Hall–Kier alpha value is 0.490. The van der Waals surface area contributed by atoms with Crippen molar-refractivity contribution in [3.8, 4) is 0 Å². The largest absolute Gasteiger partial charge is 0.229 e. The van der Waals surface area contributed by atoms with Crippen LogP contribution in [0.2, 0.25) is 0 Å². The van der Waals surface area contributed by atoms with Crippen molar-refractivity contribution in [2.75, 3.05) is 17.5 Å². The van der Waals surface area contributed by atoms with Crippen LogP contribution < -0.4 is 5.14 Å². The van der Waals surface area contributed by atoms with Gasteiger partial charge in [0.2, 0.25) is 10.0 Å². The van der Waals surface area contributed by atoms with Gasteiger partial charge in [0.15, 0.2) is 0 Å². The highest BCUT2D eigenvalue weighted by molar-refractivity contribution is 7.89. The summed E-state index contributed by atoms with van der Waals surface area (Å²) in [6.07, 6.45) is 0.436. The lowest BCUT2D eigenvalue weighted by Gasteiger charge is -2.07. The summed E-state index contributed by atoms with van der Waals surface area (Å²) in [4.78, 5) is 0. The van der Waals surface area contributed by atoms with E-state index in [2.05, 4.69) is 0 Å². The number of hydrogen-bond donors (Lipinski definition) is 1. The molecular formula is C5H11Cl2NO2S. The fraction of sp³-hybridized carbons (Fsp3) is 1.00. The highest BCUT2D eigenvalue weighted by atomic mass is 35.5. The summed E-state index contributed by atoms with van der Waals surface area (Å²) in [6.45, 7) is 0. The van der Waals surface area contributed by atoms with E-state index >= 15 is 0 Å². The number of primary sulfonamides is 1. The zero-order valence-corrected chi connectivity index (χ0v) is 8.29. The average molecular weight is 220 g/mol. The molecule has 0 aliphatic heterocycles. The van der Waals surface area contributed by atoms with Crippen LogP contribution in [0.5, 0.6) is 0 Å². The zero-order valence-electron chi connectivity index (χ0n) is 5.96. The van der Waals surface area contributed by atoms with E-state index in [-0.39, 0.29) is 11.7 Å². The molecule has 0 saturated heterocycles. The fourth-order valence-electron chi connectivity index (χ4n) is 0.526. The molecule has 11 heavy (non-hydrogen) atoms. The van der Waals surface area contributed by atoms with Gasteiger partial charge in [0.1, 0.15) is 0 Å². The minimum atomic E-state index is -3.36. The number of sulfonamides is 1. The molecule has 0 heterocycles. The SMILES string of the molecule is NS(=O)(=O)CCC(CCl)CCl. The Labute approximate surface area is 76.9 Å². The van der Waals surface area contributed by atoms with Gasteiger partial charge in [0.25, 0.3) is 0 Å². The molecule has 2 N–H and O–H groups in total. The lowest BCUT2D eigenvalue weighted by atomic mass is 10.2. The maximum absolute atomic E-state index is 10.5. The minimum Gasteiger partial charge on any atom is -0.229 e. The van der Waals surface area contributed by atoms with Crippen molar-refractivity contribution in [3.05, 3.63) is 0 Å². The quantitative estimate of drug-likeness (QED) is 0.695. The van der Waals surface area contributed by atoms with E-state index in [1.165, 1.54) is 0 Å². The van der Waals surface area contributed by atoms with Crippen molar-refractivity contribution in [2.45, 2.75) is 6.42 Å². The molecule has 0 aromatic rings. The Morgan fingerprint density at radius 3 is 2.00 bits per heavy atom. The molecule has 6 heteroatoms. The molecule has 0 aromatic heterocycles. The van der Waals surface area contributed by atoms with E-state index < -0.39 is 10.0 Å². The van der Waals surface area contributed by atoms with E-state index in [1.54, 1.807) is 0 Å². The van der Waals surface area contributed by atoms with Crippen LogP contribution in [-0.4, -0.2) is 25.9 Å². The normalized spacial score (nSPS) is 12.4. The molecule has 0 amide bonds. The second-order valence-corrected chi connectivity index (χ2v) is 4.68. The van der Waals surface area contributed by atoms with E-state index in [1.807, 2.05) is 0 Å². The van der Waals surface area contributed by atoms with Gasteiger partial charge in [0, 0.05) is 11.8 Å². The van der Waals surface area contributed by atoms with Gasteiger partial charge in [-0.1, -0.05) is 0 Å². The average Bonchev–Trinajstić information content (AvgIpc) is 1.88. The van der Waals surface area contributed by atoms with Crippen LogP contribution in [-0.2, 0) is 10.0 Å². The highest BCUT2D eigenvalue weighted by Gasteiger charge is 2.10. The topological polar surface area (TPSA) is 60.2 Å². The van der Waals surface area contributed by atoms with Crippen molar-refractivity contribution in [3.63, 3.8) is 0 Å². The van der Waals surface area contributed by atoms with Crippen molar-refractivity contribution >= 4 is 33.2 Å². The third-order valence-corrected chi connectivity index (χ3v) is 2.92. The molecule has 68 valence electrons. The van der Waals surface area contributed by atoms with Crippen LogP contribution in [0.3, 0.4) is 0 Å².